The number of nitro groups is 1. The maximum absolute atomic E-state index is 13.3. The number of nitro benzene ring substituents is 1. The van der Waals surface area contributed by atoms with Crippen LogP contribution in [-0.2, 0) is 14.4 Å². The molecule has 0 bridgehead atoms. The third-order valence-electron chi connectivity index (χ3n) is 4.78. The fourth-order valence-electron chi connectivity index (χ4n) is 3.04. The summed E-state index contributed by atoms with van der Waals surface area (Å²) < 4.78 is 0. The predicted molar refractivity (Wildman–Crippen MR) is 133 cm³/mol. The number of non-ortho nitro benzene ring substituents is 1. The Morgan fingerprint density at radius 3 is 2.29 bits per heavy atom. The number of thioether (sulfide) groups is 1. The molecular formula is C25H21N3O6S. The molecular weight excluding hydrogens is 470 g/mol. The monoisotopic (exact) mass is 491 g/mol. The van der Waals surface area contributed by atoms with E-state index in [2.05, 4.69) is 10.6 Å². The van der Waals surface area contributed by atoms with Gasteiger partial charge in [-0.15, -0.1) is 11.8 Å². The lowest BCUT2D eigenvalue weighted by Crippen LogP contribution is -2.19. The lowest BCUT2D eigenvalue weighted by Gasteiger charge is -2.18. The molecule has 9 nitrogen and oxygen atoms in total. The van der Waals surface area contributed by atoms with Gasteiger partial charge in [0.15, 0.2) is 0 Å². The Bertz CT molecular complexity index is 1280. The van der Waals surface area contributed by atoms with Crippen LogP contribution >= 0.6 is 11.8 Å². The van der Waals surface area contributed by atoms with Crippen LogP contribution in [0.25, 0.3) is 0 Å². The SMILES string of the molecule is Cc1ccc([N+](=O)[O-])cc1NC(=O)C(Sc1ccc(NC(=O)/C=C/C(=O)O)cc1)c1ccccc1. The van der Waals surface area contributed by atoms with Gasteiger partial charge in [-0.25, -0.2) is 4.79 Å². The van der Waals surface area contributed by atoms with Crippen LogP contribution in [0.3, 0.4) is 0 Å². The van der Waals surface area contributed by atoms with Crippen LogP contribution < -0.4 is 10.6 Å². The molecule has 10 heteroatoms. The number of aliphatic carboxylic acids is 1. The number of benzene rings is 3. The summed E-state index contributed by atoms with van der Waals surface area (Å²) in [6.45, 7) is 1.75. The Labute approximate surface area is 205 Å². The molecule has 0 spiro atoms. The molecule has 0 aromatic heterocycles. The summed E-state index contributed by atoms with van der Waals surface area (Å²) in [5, 5.41) is 24.4. The predicted octanol–water partition coefficient (Wildman–Crippen LogP) is 4.95. The fourth-order valence-corrected chi connectivity index (χ4v) is 4.07. The molecule has 3 rings (SSSR count). The van der Waals surface area contributed by atoms with Crippen LogP contribution in [0.5, 0.6) is 0 Å². The van der Waals surface area contributed by atoms with Crippen molar-refractivity contribution in [2.45, 2.75) is 17.1 Å². The summed E-state index contributed by atoms with van der Waals surface area (Å²) in [7, 11) is 0. The van der Waals surface area contributed by atoms with Gasteiger partial charge in [-0.3, -0.25) is 19.7 Å². The maximum atomic E-state index is 13.3. The molecule has 178 valence electrons. The van der Waals surface area contributed by atoms with E-state index in [9.17, 15) is 24.5 Å². The van der Waals surface area contributed by atoms with Crippen molar-refractivity contribution in [2.75, 3.05) is 10.6 Å². The summed E-state index contributed by atoms with van der Waals surface area (Å²) in [5.41, 5.74) is 2.14. The van der Waals surface area contributed by atoms with E-state index in [0.717, 1.165) is 22.6 Å². The van der Waals surface area contributed by atoms with Crippen LogP contribution in [0.4, 0.5) is 17.1 Å². The number of nitrogens with zero attached hydrogens (tertiary/aromatic N) is 1. The zero-order chi connectivity index (χ0) is 25.4. The quantitative estimate of drug-likeness (QED) is 0.166. The minimum Gasteiger partial charge on any atom is -0.478 e. The van der Waals surface area contributed by atoms with Gasteiger partial charge in [-0.2, -0.15) is 0 Å². The average molecular weight is 492 g/mol. The van der Waals surface area contributed by atoms with E-state index in [-0.39, 0.29) is 11.6 Å². The van der Waals surface area contributed by atoms with Gasteiger partial charge in [0.25, 0.3) is 5.69 Å². The number of carbonyl (C=O) groups excluding carboxylic acids is 2. The Hall–Kier alpha value is -4.44. The Morgan fingerprint density at radius 1 is 0.971 bits per heavy atom. The van der Waals surface area contributed by atoms with E-state index in [0.29, 0.717) is 16.9 Å². The van der Waals surface area contributed by atoms with Gasteiger partial charge in [-0.1, -0.05) is 36.4 Å². The summed E-state index contributed by atoms with van der Waals surface area (Å²) in [5.74, 6) is -2.15. The molecule has 3 aromatic carbocycles. The van der Waals surface area contributed by atoms with Crippen molar-refractivity contribution in [2.24, 2.45) is 0 Å². The molecule has 35 heavy (non-hydrogen) atoms. The molecule has 3 N–H and O–H groups in total. The van der Waals surface area contributed by atoms with Crippen molar-refractivity contribution in [3.05, 3.63) is 106 Å². The van der Waals surface area contributed by atoms with Crippen molar-refractivity contribution in [1.82, 2.24) is 0 Å². The van der Waals surface area contributed by atoms with Gasteiger partial charge in [0.2, 0.25) is 11.8 Å². The van der Waals surface area contributed by atoms with E-state index in [1.807, 2.05) is 30.3 Å². The van der Waals surface area contributed by atoms with Gasteiger partial charge < -0.3 is 15.7 Å². The number of aryl methyl sites for hydroxylation is 1. The zero-order valence-electron chi connectivity index (χ0n) is 18.5. The summed E-state index contributed by atoms with van der Waals surface area (Å²) in [6.07, 6.45) is 1.66. The largest absolute Gasteiger partial charge is 0.478 e. The van der Waals surface area contributed by atoms with Gasteiger partial charge in [0.1, 0.15) is 5.25 Å². The second-order valence-corrected chi connectivity index (χ2v) is 8.52. The van der Waals surface area contributed by atoms with Crippen LogP contribution in [0.2, 0.25) is 0 Å². The molecule has 2 amide bonds. The normalized spacial score (nSPS) is 11.6. The van der Waals surface area contributed by atoms with Crippen molar-refractivity contribution in [1.29, 1.82) is 0 Å². The number of amides is 2. The highest BCUT2D eigenvalue weighted by atomic mass is 32.2. The Morgan fingerprint density at radius 2 is 1.66 bits per heavy atom. The third kappa shape index (κ3) is 7.27. The number of carboxylic acid groups (broad SMARTS) is 1. The number of hydrogen-bond acceptors (Lipinski definition) is 6. The molecule has 3 aromatic rings. The highest BCUT2D eigenvalue weighted by Gasteiger charge is 2.23. The van der Waals surface area contributed by atoms with Crippen LogP contribution in [0.15, 0.2) is 89.8 Å². The van der Waals surface area contributed by atoms with E-state index in [1.165, 1.54) is 23.9 Å². The van der Waals surface area contributed by atoms with E-state index >= 15 is 0 Å². The highest BCUT2D eigenvalue weighted by molar-refractivity contribution is 8.00. The first kappa shape index (κ1) is 25.2. The van der Waals surface area contributed by atoms with Gasteiger partial charge in [0, 0.05) is 34.9 Å². The molecule has 0 aliphatic heterocycles. The number of carbonyl (C=O) groups is 3. The first-order valence-corrected chi connectivity index (χ1v) is 11.2. The molecule has 0 saturated heterocycles. The highest BCUT2D eigenvalue weighted by Crippen LogP contribution is 2.37. The smallest absolute Gasteiger partial charge is 0.328 e. The maximum Gasteiger partial charge on any atom is 0.328 e. The molecule has 0 fully saturated rings. The standard InChI is InChI=1S/C25H21N3O6S/c1-16-7-10-19(28(33)34)15-21(16)27-25(32)24(17-5-3-2-4-6-17)35-20-11-8-18(9-12-20)26-22(29)13-14-23(30)31/h2-15,24H,1H3,(H,26,29)(H,27,32)(H,30,31)/b14-13+. The zero-order valence-corrected chi connectivity index (χ0v) is 19.3. The van der Waals surface area contributed by atoms with Crippen molar-refractivity contribution in [3.63, 3.8) is 0 Å². The first-order valence-electron chi connectivity index (χ1n) is 10.3. The number of rotatable bonds is 9. The average Bonchev–Trinajstić information content (AvgIpc) is 2.84. The lowest BCUT2D eigenvalue weighted by molar-refractivity contribution is -0.384. The van der Waals surface area contributed by atoms with Crippen molar-refractivity contribution >= 4 is 46.6 Å². The Kier molecular flexibility index (Phi) is 8.36. The molecule has 0 radical (unpaired) electrons. The Balaban J connectivity index is 1.79. The minimum absolute atomic E-state index is 0.120. The fraction of sp³-hybridized carbons (Fsp3) is 0.0800. The number of nitrogens with one attached hydrogen (secondary N) is 2. The van der Waals surface area contributed by atoms with Crippen molar-refractivity contribution in [3.8, 4) is 0 Å². The second kappa shape index (κ2) is 11.6. The lowest BCUT2D eigenvalue weighted by atomic mass is 10.1. The summed E-state index contributed by atoms with van der Waals surface area (Å²) in [4.78, 5) is 46.9. The van der Waals surface area contributed by atoms with E-state index < -0.39 is 22.0 Å². The molecule has 0 aliphatic rings. The number of anilines is 2. The minimum atomic E-state index is -1.22. The molecule has 0 aliphatic carbocycles. The third-order valence-corrected chi connectivity index (χ3v) is 6.05. The van der Waals surface area contributed by atoms with Gasteiger partial charge >= 0.3 is 5.97 Å². The van der Waals surface area contributed by atoms with Crippen molar-refractivity contribution < 1.29 is 24.4 Å². The number of carboxylic acids is 1. The second-order valence-electron chi connectivity index (χ2n) is 7.34. The van der Waals surface area contributed by atoms with Gasteiger partial charge in [0.05, 0.1) is 10.6 Å². The van der Waals surface area contributed by atoms with E-state index in [4.69, 9.17) is 5.11 Å². The first-order chi connectivity index (χ1) is 16.7. The van der Waals surface area contributed by atoms with Crippen LogP contribution in [0.1, 0.15) is 16.4 Å². The molecule has 0 saturated carbocycles. The molecule has 1 unspecified atom stereocenters. The summed E-state index contributed by atoms with van der Waals surface area (Å²) in [6, 6.07) is 20.1. The van der Waals surface area contributed by atoms with E-state index in [1.54, 1.807) is 37.3 Å². The van der Waals surface area contributed by atoms with Crippen LogP contribution in [-0.4, -0.2) is 27.8 Å². The molecule has 1 atom stereocenters. The molecule has 0 heterocycles. The number of hydrogen-bond donors (Lipinski definition) is 3. The van der Waals surface area contributed by atoms with Crippen LogP contribution in [0, 0.1) is 17.0 Å². The topological polar surface area (TPSA) is 139 Å². The summed E-state index contributed by atoms with van der Waals surface area (Å²) >= 11 is 1.28. The van der Waals surface area contributed by atoms with Gasteiger partial charge in [-0.05, 0) is 42.3 Å².